The topological polar surface area (TPSA) is 29.3 Å². The summed E-state index contributed by atoms with van der Waals surface area (Å²) in [5.74, 6) is 1.28. The molecular formula is C10H22N2S. The maximum atomic E-state index is 5.79. The molecule has 1 fully saturated rings. The zero-order valence-corrected chi connectivity index (χ0v) is 9.65. The standard InChI is InChI=1S/C10H22N2S/c1-3-4-10(7-11)12-5-6-13-9(2)8-12/h9-10H,3-8,11H2,1-2H3. The van der Waals surface area contributed by atoms with E-state index in [1.807, 2.05) is 0 Å². The second kappa shape index (κ2) is 5.89. The zero-order valence-electron chi connectivity index (χ0n) is 8.83. The molecule has 2 atom stereocenters. The van der Waals surface area contributed by atoms with Gasteiger partial charge in [-0.3, -0.25) is 4.90 Å². The summed E-state index contributed by atoms with van der Waals surface area (Å²) < 4.78 is 0. The van der Waals surface area contributed by atoms with Crippen LogP contribution >= 0.6 is 11.8 Å². The molecule has 2 N–H and O–H groups in total. The van der Waals surface area contributed by atoms with E-state index in [2.05, 4.69) is 30.5 Å². The van der Waals surface area contributed by atoms with Crippen molar-refractivity contribution in [2.75, 3.05) is 25.4 Å². The smallest absolute Gasteiger partial charge is 0.0219 e. The Balaban J connectivity index is 2.37. The van der Waals surface area contributed by atoms with Crippen LogP contribution in [0.4, 0.5) is 0 Å². The van der Waals surface area contributed by atoms with E-state index in [1.54, 1.807) is 0 Å². The van der Waals surface area contributed by atoms with Crippen molar-refractivity contribution in [3.8, 4) is 0 Å². The van der Waals surface area contributed by atoms with Crippen LogP contribution in [0.25, 0.3) is 0 Å². The van der Waals surface area contributed by atoms with E-state index in [1.165, 1.54) is 31.7 Å². The Morgan fingerprint density at radius 2 is 2.38 bits per heavy atom. The maximum absolute atomic E-state index is 5.79. The summed E-state index contributed by atoms with van der Waals surface area (Å²) in [7, 11) is 0. The van der Waals surface area contributed by atoms with Crippen LogP contribution in [-0.2, 0) is 0 Å². The van der Waals surface area contributed by atoms with Crippen LogP contribution in [0.1, 0.15) is 26.7 Å². The molecule has 13 heavy (non-hydrogen) atoms. The molecule has 0 bridgehead atoms. The molecule has 0 saturated carbocycles. The molecule has 0 amide bonds. The average Bonchev–Trinajstić information content (AvgIpc) is 2.14. The highest BCUT2D eigenvalue weighted by Crippen LogP contribution is 2.20. The van der Waals surface area contributed by atoms with Crippen molar-refractivity contribution in [1.29, 1.82) is 0 Å². The number of thioether (sulfide) groups is 1. The van der Waals surface area contributed by atoms with Gasteiger partial charge in [-0.2, -0.15) is 11.8 Å². The van der Waals surface area contributed by atoms with Gasteiger partial charge in [0.1, 0.15) is 0 Å². The van der Waals surface area contributed by atoms with Gasteiger partial charge in [0.2, 0.25) is 0 Å². The van der Waals surface area contributed by atoms with Crippen LogP contribution in [0.5, 0.6) is 0 Å². The molecule has 1 rings (SSSR count). The first-order valence-electron chi connectivity index (χ1n) is 5.33. The Kier molecular flexibility index (Phi) is 5.14. The second-order valence-electron chi connectivity index (χ2n) is 3.85. The molecule has 1 saturated heterocycles. The van der Waals surface area contributed by atoms with Crippen LogP contribution in [0.2, 0.25) is 0 Å². The molecule has 2 unspecified atom stereocenters. The molecule has 3 heteroatoms. The van der Waals surface area contributed by atoms with Crippen LogP contribution in [0.3, 0.4) is 0 Å². The summed E-state index contributed by atoms with van der Waals surface area (Å²) in [5.41, 5.74) is 5.79. The van der Waals surface area contributed by atoms with E-state index in [9.17, 15) is 0 Å². The predicted molar refractivity (Wildman–Crippen MR) is 61.2 cm³/mol. The van der Waals surface area contributed by atoms with Crippen LogP contribution in [0.15, 0.2) is 0 Å². The van der Waals surface area contributed by atoms with Crippen molar-refractivity contribution < 1.29 is 0 Å². The zero-order chi connectivity index (χ0) is 9.68. The van der Waals surface area contributed by atoms with E-state index in [0.717, 1.165) is 11.8 Å². The molecular weight excluding hydrogens is 180 g/mol. The van der Waals surface area contributed by atoms with E-state index in [-0.39, 0.29) is 0 Å². The predicted octanol–water partition coefficient (Wildman–Crippen LogP) is 1.55. The molecule has 1 aliphatic heterocycles. The van der Waals surface area contributed by atoms with Gasteiger partial charge in [-0.05, 0) is 6.42 Å². The molecule has 0 aromatic rings. The third kappa shape index (κ3) is 3.49. The van der Waals surface area contributed by atoms with Gasteiger partial charge in [0.15, 0.2) is 0 Å². The second-order valence-corrected chi connectivity index (χ2v) is 5.40. The van der Waals surface area contributed by atoms with E-state index in [0.29, 0.717) is 6.04 Å². The molecule has 1 heterocycles. The summed E-state index contributed by atoms with van der Waals surface area (Å²) in [4.78, 5) is 2.57. The Hall–Kier alpha value is 0.270. The number of nitrogens with two attached hydrogens (primary N) is 1. The fourth-order valence-electron chi connectivity index (χ4n) is 1.96. The van der Waals surface area contributed by atoms with Gasteiger partial charge in [0, 0.05) is 36.7 Å². The third-order valence-electron chi connectivity index (χ3n) is 2.68. The van der Waals surface area contributed by atoms with Crippen molar-refractivity contribution in [3.63, 3.8) is 0 Å². The fraction of sp³-hybridized carbons (Fsp3) is 1.00. The van der Waals surface area contributed by atoms with Gasteiger partial charge < -0.3 is 5.73 Å². The molecule has 1 aliphatic rings. The Bertz CT molecular complexity index is 141. The van der Waals surface area contributed by atoms with Crippen molar-refractivity contribution >= 4 is 11.8 Å². The summed E-state index contributed by atoms with van der Waals surface area (Å²) in [6, 6.07) is 0.633. The van der Waals surface area contributed by atoms with Crippen LogP contribution < -0.4 is 5.73 Å². The number of hydrogen-bond acceptors (Lipinski definition) is 3. The molecule has 0 aromatic heterocycles. The summed E-state index contributed by atoms with van der Waals surface area (Å²) in [6.07, 6.45) is 2.51. The average molecular weight is 202 g/mol. The first-order chi connectivity index (χ1) is 6.27. The lowest BCUT2D eigenvalue weighted by Crippen LogP contribution is -2.47. The van der Waals surface area contributed by atoms with E-state index in [4.69, 9.17) is 5.73 Å². The Labute approximate surface area is 86.2 Å². The monoisotopic (exact) mass is 202 g/mol. The third-order valence-corrected chi connectivity index (χ3v) is 3.82. The summed E-state index contributed by atoms with van der Waals surface area (Å²) in [6.45, 7) is 7.84. The lowest BCUT2D eigenvalue weighted by molar-refractivity contribution is 0.198. The molecule has 0 aromatic carbocycles. The molecule has 0 radical (unpaired) electrons. The fourth-order valence-corrected chi connectivity index (χ4v) is 3.00. The summed E-state index contributed by atoms with van der Waals surface area (Å²) >= 11 is 2.09. The first-order valence-corrected chi connectivity index (χ1v) is 6.38. The normalized spacial score (nSPS) is 27.5. The minimum absolute atomic E-state index is 0.633. The van der Waals surface area contributed by atoms with Gasteiger partial charge in [-0.15, -0.1) is 0 Å². The molecule has 0 spiro atoms. The molecule has 78 valence electrons. The SMILES string of the molecule is CCCC(CN)N1CCSC(C)C1. The Morgan fingerprint density at radius 3 is 2.92 bits per heavy atom. The minimum atomic E-state index is 0.633. The number of nitrogens with zero attached hydrogens (tertiary/aromatic N) is 1. The number of rotatable bonds is 4. The lowest BCUT2D eigenvalue weighted by atomic mass is 10.1. The quantitative estimate of drug-likeness (QED) is 0.750. The van der Waals surface area contributed by atoms with Gasteiger partial charge in [-0.25, -0.2) is 0 Å². The minimum Gasteiger partial charge on any atom is -0.329 e. The largest absolute Gasteiger partial charge is 0.329 e. The van der Waals surface area contributed by atoms with Gasteiger partial charge in [0.25, 0.3) is 0 Å². The summed E-state index contributed by atoms with van der Waals surface area (Å²) in [5, 5.41) is 0.791. The highest BCUT2D eigenvalue weighted by atomic mass is 32.2. The van der Waals surface area contributed by atoms with Crippen molar-refractivity contribution in [2.24, 2.45) is 5.73 Å². The van der Waals surface area contributed by atoms with Crippen LogP contribution in [0, 0.1) is 0 Å². The van der Waals surface area contributed by atoms with Gasteiger partial charge in [-0.1, -0.05) is 20.3 Å². The first kappa shape index (κ1) is 11.3. The van der Waals surface area contributed by atoms with Crippen molar-refractivity contribution in [3.05, 3.63) is 0 Å². The van der Waals surface area contributed by atoms with Gasteiger partial charge >= 0.3 is 0 Å². The molecule has 2 nitrogen and oxygen atoms in total. The van der Waals surface area contributed by atoms with Crippen molar-refractivity contribution in [1.82, 2.24) is 4.90 Å². The van der Waals surface area contributed by atoms with Crippen molar-refractivity contribution in [2.45, 2.75) is 38.0 Å². The Morgan fingerprint density at radius 1 is 1.62 bits per heavy atom. The lowest BCUT2D eigenvalue weighted by Gasteiger charge is -2.36. The maximum Gasteiger partial charge on any atom is 0.0219 e. The number of hydrogen-bond donors (Lipinski definition) is 1. The molecule has 0 aliphatic carbocycles. The van der Waals surface area contributed by atoms with Crippen LogP contribution in [-0.4, -0.2) is 41.6 Å². The highest BCUT2D eigenvalue weighted by Gasteiger charge is 2.22. The van der Waals surface area contributed by atoms with E-state index >= 15 is 0 Å². The van der Waals surface area contributed by atoms with E-state index < -0.39 is 0 Å². The highest BCUT2D eigenvalue weighted by molar-refractivity contribution is 7.99. The van der Waals surface area contributed by atoms with Gasteiger partial charge in [0.05, 0.1) is 0 Å².